The Morgan fingerprint density at radius 2 is 2.42 bits per heavy atom. The molecule has 1 unspecified atom stereocenters. The molecular weight excluding hydrogens is 194 g/mol. The van der Waals surface area contributed by atoms with E-state index in [-0.39, 0.29) is 0 Å². The van der Waals surface area contributed by atoms with Crippen LogP contribution in [-0.2, 0) is 0 Å². The minimum absolute atomic E-state index is 0.305. The lowest BCUT2D eigenvalue weighted by molar-refractivity contribution is 0.768. The van der Waals surface area contributed by atoms with Crippen molar-refractivity contribution < 1.29 is 0 Å². The number of nitrogens with one attached hydrogen (secondary N) is 1. The second-order valence-corrected chi connectivity index (χ2v) is 3.61. The monoisotopic (exact) mass is 205 g/mol. The van der Waals surface area contributed by atoms with Crippen LogP contribution < -0.4 is 5.32 Å². The van der Waals surface area contributed by atoms with Gasteiger partial charge in [0.2, 0.25) is 5.13 Å². The molecule has 0 amide bonds. The summed E-state index contributed by atoms with van der Waals surface area (Å²) >= 11 is 7.10. The highest BCUT2D eigenvalue weighted by Gasteiger charge is 2.06. The molecule has 0 aliphatic heterocycles. The van der Waals surface area contributed by atoms with Crippen LogP contribution in [0.15, 0.2) is 0 Å². The molecule has 0 saturated carbocycles. The van der Waals surface area contributed by atoms with Gasteiger partial charge in [0.25, 0.3) is 0 Å². The predicted molar refractivity (Wildman–Crippen MR) is 53.1 cm³/mol. The Balaban J connectivity index is 2.50. The zero-order valence-electron chi connectivity index (χ0n) is 7.17. The summed E-state index contributed by atoms with van der Waals surface area (Å²) in [6.07, 6.45) is 1.00. The number of hydrogen-bond donors (Lipinski definition) is 1. The molecule has 1 atom stereocenters. The summed E-state index contributed by atoms with van der Waals surface area (Å²) in [6, 6.07) is 0.305. The van der Waals surface area contributed by atoms with Gasteiger partial charge in [0.1, 0.15) is 5.82 Å². The van der Waals surface area contributed by atoms with E-state index in [9.17, 15) is 0 Å². The van der Waals surface area contributed by atoms with Crippen molar-refractivity contribution in [1.82, 2.24) is 9.36 Å². The molecule has 1 rings (SSSR count). The molecule has 0 aromatic carbocycles. The van der Waals surface area contributed by atoms with E-state index in [0.717, 1.165) is 17.4 Å². The first kappa shape index (κ1) is 9.74. The molecule has 0 aliphatic carbocycles. The van der Waals surface area contributed by atoms with E-state index in [1.807, 2.05) is 6.92 Å². The molecule has 1 N–H and O–H groups in total. The molecular formula is C7H12ClN3S. The molecule has 0 spiro atoms. The molecule has 0 radical (unpaired) electrons. The number of aromatic nitrogens is 2. The van der Waals surface area contributed by atoms with Crippen molar-refractivity contribution in [3.63, 3.8) is 0 Å². The highest BCUT2D eigenvalue weighted by Crippen LogP contribution is 2.12. The van der Waals surface area contributed by atoms with Crippen molar-refractivity contribution >= 4 is 28.3 Å². The van der Waals surface area contributed by atoms with Crippen molar-refractivity contribution in [2.45, 2.75) is 26.3 Å². The van der Waals surface area contributed by atoms with Crippen LogP contribution in [0.2, 0.25) is 0 Å². The first-order valence-corrected chi connectivity index (χ1v) is 5.19. The zero-order chi connectivity index (χ0) is 8.97. The molecule has 5 heteroatoms. The van der Waals surface area contributed by atoms with E-state index in [1.54, 1.807) is 0 Å². The largest absolute Gasteiger partial charge is 0.356 e. The molecule has 1 heterocycles. The van der Waals surface area contributed by atoms with Crippen LogP contribution in [0, 0.1) is 6.92 Å². The maximum Gasteiger partial charge on any atom is 0.202 e. The van der Waals surface area contributed by atoms with Crippen LogP contribution in [-0.4, -0.2) is 21.3 Å². The van der Waals surface area contributed by atoms with Gasteiger partial charge in [-0.1, -0.05) is 6.92 Å². The standard InChI is InChI=1S/C7H12ClN3S/c1-3-6(4-8)10-7-9-5(2)11-12-7/h6H,3-4H2,1-2H3,(H,9,10,11). The van der Waals surface area contributed by atoms with Gasteiger partial charge in [-0.05, 0) is 13.3 Å². The second-order valence-electron chi connectivity index (χ2n) is 2.55. The second kappa shape index (κ2) is 4.62. The molecule has 12 heavy (non-hydrogen) atoms. The number of halogens is 1. The maximum absolute atomic E-state index is 5.72. The summed E-state index contributed by atoms with van der Waals surface area (Å²) in [7, 11) is 0. The van der Waals surface area contributed by atoms with Gasteiger partial charge in [-0.15, -0.1) is 11.6 Å². The first-order valence-electron chi connectivity index (χ1n) is 3.89. The fraction of sp³-hybridized carbons (Fsp3) is 0.714. The Hall–Kier alpha value is -0.350. The van der Waals surface area contributed by atoms with E-state index < -0.39 is 0 Å². The average molecular weight is 206 g/mol. The first-order chi connectivity index (χ1) is 5.76. The number of aryl methyl sites for hydroxylation is 1. The lowest BCUT2D eigenvalue weighted by Gasteiger charge is -2.10. The summed E-state index contributed by atoms with van der Waals surface area (Å²) in [6.45, 7) is 3.97. The topological polar surface area (TPSA) is 37.8 Å². The van der Waals surface area contributed by atoms with E-state index in [0.29, 0.717) is 11.9 Å². The Morgan fingerprint density at radius 1 is 1.67 bits per heavy atom. The molecule has 3 nitrogen and oxygen atoms in total. The molecule has 0 aliphatic rings. The highest BCUT2D eigenvalue weighted by molar-refractivity contribution is 7.09. The lowest BCUT2D eigenvalue weighted by atomic mass is 10.3. The number of anilines is 1. The van der Waals surface area contributed by atoms with Crippen molar-refractivity contribution in [1.29, 1.82) is 0 Å². The minimum atomic E-state index is 0.305. The number of alkyl halides is 1. The minimum Gasteiger partial charge on any atom is -0.356 e. The van der Waals surface area contributed by atoms with Crippen LogP contribution in [0.25, 0.3) is 0 Å². The zero-order valence-corrected chi connectivity index (χ0v) is 8.74. The van der Waals surface area contributed by atoms with Crippen LogP contribution in [0.4, 0.5) is 5.13 Å². The third-order valence-corrected chi connectivity index (χ3v) is 2.64. The molecule has 68 valence electrons. The van der Waals surface area contributed by atoms with Crippen molar-refractivity contribution in [2.75, 3.05) is 11.2 Å². The van der Waals surface area contributed by atoms with Gasteiger partial charge in [-0.2, -0.15) is 4.37 Å². The van der Waals surface area contributed by atoms with Gasteiger partial charge in [0.15, 0.2) is 0 Å². The SMILES string of the molecule is CCC(CCl)Nc1nc(C)ns1. The van der Waals surface area contributed by atoms with Crippen LogP contribution in [0.5, 0.6) is 0 Å². The summed E-state index contributed by atoms with van der Waals surface area (Å²) in [5.74, 6) is 1.42. The summed E-state index contributed by atoms with van der Waals surface area (Å²) in [4.78, 5) is 4.18. The highest BCUT2D eigenvalue weighted by atomic mass is 35.5. The van der Waals surface area contributed by atoms with Gasteiger partial charge in [0.05, 0.1) is 0 Å². The lowest BCUT2D eigenvalue weighted by Crippen LogP contribution is -2.19. The summed E-state index contributed by atoms with van der Waals surface area (Å²) in [5.41, 5.74) is 0. The quantitative estimate of drug-likeness (QED) is 0.767. The van der Waals surface area contributed by atoms with Crippen LogP contribution in [0.3, 0.4) is 0 Å². The van der Waals surface area contributed by atoms with E-state index >= 15 is 0 Å². The van der Waals surface area contributed by atoms with Crippen molar-refractivity contribution in [3.05, 3.63) is 5.82 Å². The van der Waals surface area contributed by atoms with Gasteiger partial charge < -0.3 is 5.32 Å². The van der Waals surface area contributed by atoms with E-state index in [4.69, 9.17) is 11.6 Å². The summed E-state index contributed by atoms with van der Waals surface area (Å²) < 4.78 is 4.06. The van der Waals surface area contributed by atoms with Crippen LogP contribution >= 0.6 is 23.1 Å². The van der Waals surface area contributed by atoms with Gasteiger partial charge in [-0.3, -0.25) is 0 Å². The molecule has 0 bridgehead atoms. The third kappa shape index (κ3) is 2.60. The number of rotatable bonds is 4. The van der Waals surface area contributed by atoms with E-state index in [2.05, 4.69) is 21.6 Å². The Kier molecular flexibility index (Phi) is 3.75. The molecule has 1 aromatic rings. The average Bonchev–Trinajstić information content (AvgIpc) is 2.47. The van der Waals surface area contributed by atoms with Gasteiger partial charge >= 0.3 is 0 Å². The maximum atomic E-state index is 5.72. The smallest absolute Gasteiger partial charge is 0.202 e. The Bertz CT molecular complexity index is 234. The predicted octanol–water partition coefficient (Wildman–Crippen LogP) is 2.28. The number of hydrogen-bond acceptors (Lipinski definition) is 4. The molecule has 0 fully saturated rings. The Labute approximate surface area is 81.3 Å². The summed E-state index contributed by atoms with van der Waals surface area (Å²) in [5, 5.41) is 4.07. The van der Waals surface area contributed by atoms with Gasteiger partial charge in [-0.25, -0.2) is 4.98 Å². The third-order valence-electron chi connectivity index (χ3n) is 1.53. The van der Waals surface area contributed by atoms with Crippen LogP contribution in [0.1, 0.15) is 19.2 Å². The fourth-order valence-corrected chi connectivity index (χ4v) is 1.73. The van der Waals surface area contributed by atoms with Crippen molar-refractivity contribution in [2.24, 2.45) is 0 Å². The van der Waals surface area contributed by atoms with Gasteiger partial charge in [0, 0.05) is 23.5 Å². The van der Waals surface area contributed by atoms with Crippen molar-refractivity contribution in [3.8, 4) is 0 Å². The van der Waals surface area contributed by atoms with E-state index in [1.165, 1.54) is 11.5 Å². The fourth-order valence-electron chi connectivity index (χ4n) is 0.780. The molecule has 0 saturated heterocycles. The normalized spacial score (nSPS) is 12.9. The Morgan fingerprint density at radius 3 is 2.83 bits per heavy atom. The number of nitrogens with zero attached hydrogens (tertiary/aromatic N) is 2. The molecule has 1 aromatic heterocycles.